The lowest BCUT2D eigenvalue weighted by Crippen LogP contribution is -2.50. The molecule has 4 aliphatic rings. The van der Waals surface area contributed by atoms with Gasteiger partial charge in [0.1, 0.15) is 0 Å². The SMILES string of the molecule is CC[C@@]1(C#N)CC[C@H]2[C@@H]3CCC4=CC(=O)CC[C@@H]4[C@H]3CC[C@@]21CC. The third-order valence-electron chi connectivity index (χ3n) is 8.79. The van der Waals surface area contributed by atoms with Gasteiger partial charge >= 0.3 is 0 Å². The van der Waals surface area contributed by atoms with Gasteiger partial charge in [-0.05, 0) is 93.0 Å². The first-order valence-corrected chi connectivity index (χ1v) is 10.3. The van der Waals surface area contributed by atoms with Crippen LogP contribution in [0.5, 0.6) is 0 Å². The van der Waals surface area contributed by atoms with Gasteiger partial charge in [-0.3, -0.25) is 4.79 Å². The second kappa shape index (κ2) is 5.72. The minimum Gasteiger partial charge on any atom is -0.295 e. The zero-order chi connectivity index (χ0) is 16.9. The van der Waals surface area contributed by atoms with E-state index in [-0.39, 0.29) is 10.8 Å². The zero-order valence-corrected chi connectivity index (χ0v) is 15.3. The van der Waals surface area contributed by atoms with E-state index in [1.165, 1.54) is 37.7 Å². The summed E-state index contributed by atoms with van der Waals surface area (Å²) in [4.78, 5) is 11.8. The highest BCUT2D eigenvalue weighted by Gasteiger charge is 2.63. The summed E-state index contributed by atoms with van der Waals surface area (Å²) in [7, 11) is 0. The van der Waals surface area contributed by atoms with Gasteiger partial charge in [0.25, 0.3) is 0 Å². The fourth-order valence-electron chi connectivity index (χ4n) is 7.68. The molecule has 0 N–H and O–H groups in total. The average molecular weight is 325 g/mol. The van der Waals surface area contributed by atoms with Crippen LogP contribution in [-0.2, 0) is 4.79 Å². The van der Waals surface area contributed by atoms with Gasteiger partial charge in [-0.15, -0.1) is 0 Å². The molecule has 130 valence electrons. The Morgan fingerprint density at radius 3 is 2.62 bits per heavy atom. The first-order valence-electron chi connectivity index (χ1n) is 10.3. The Morgan fingerprint density at radius 1 is 1.08 bits per heavy atom. The van der Waals surface area contributed by atoms with Crippen LogP contribution in [0.4, 0.5) is 0 Å². The monoisotopic (exact) mass is 325 g/mol. The molecule has 0 aromatic rings. The van der Waals surface area contributed by atoms with E-state index in [0.717, 1.165) is 49.9 Å². The van der Waals surface area contributed by atoms with Gasteiger partial charge in [-0.25, -0.2) is 0 Å². The highest BCUT2D eigenvalue weighted by molar-refractivity contribution is 5.91. The maximum Gasteiger partial charge on any atom is 0.155 e. The fourth-order valence-corrected chi connectivity index (χ4v) is 7.68. The maximum absolute atomic E-state index is 11.8. The summed E-state index contributed by atoms with van der Waals surface area (Å²) >= 11 is 0. The molecule has 0 amide bonds. The number of nitrogens with zero attached hydrogens (tertiary/aromatic N) is 1. The molecule has 4 rings (SSSR count). The topological polar surface area (TPSA) is 40.9 Å². The molecule has 0 radical (unpaired) electrons. The van der Waals surface area contributed by atoms with Crippen molar-refractivity contribution < 1.29 is 4.79 Å². The van der Waals surface area contributed by atoms with Gasteiger partial charge in [0.05, 0.1) is 11.5 Å². The summed E-state index contributed by atoms with van der Waals surface area (Å²) < 4.78 is 0. The minimum atomic E-state index is -0.0734. The first-order chi connectivity index (χ1) is 11.6. The first kappa shape index (κ1) is 16.4. The van der Waals surface area contributed by atoms with E-state index in [2.05, 4.69) is 19.9 Å². The summed E-state index contributed by atoms with van der Waals surface area (Å²) in [6, 6.07) is 2.82. The van der Waals surface area contributed by atoms with Crippen LogP contribution in [0.3, 0.4) is 0 Å². The van der Waals surface area contributed by atoms with E-state index >= 15 is 0 Å². The Bertz CT molecular complexity index is 614. The van der Waals surface area contributed by atoms with E-state index in [9.17, 15) is 10.1 Å². The predicted molar refractivity (Wildman–Crippen MR) is 95.0 cm³/mol. The van der Waals surface area contributed by atoms with Crippen LogP contribution >= 0.6 is 0 Å². The molecular formula is C22H31NO. The number of hydrogen-bond donors (Lipinski definition) is 0. The van der Waals surface area contributed by atoms with E-state index in [0.29, 0.717) is 11.7 Å². The van der Waals surface area contributed by atoms with E-state index < -0.39 is 0 Å². The second-order valence-electron chi connectivity index (χ2n) is 8.94. The number of carbonyl (C=O) groups excluding carboxylic acids is 1. The molecular weight excluding hydrogens is 294 g/mol. The Morgan fingerprint density at radius 2 is 1.92 bits per heavy atom. The van der Waals surface area contributed by atoms with Crippen LogP contribution in [0.2, 0.25) is 0 Å². The fraction of sp³-hybridized carbons (Fsp3) is 0.818. The van der Waals surface area contributed by atoms with Crippen LogP contribution in [0.1, 0.15) is 78.1 Å². The molecule has 6 atom stereocenters. The Labute approximate surface area is 146 Å². The number of ketones is 1. The van der Waals surface area contributed by atoms with Crippen LogP contribution in [-0.4, -0.2) is 5.78 Å². The number of rotatable bonds is 2. The van der Waals surface area contributed by atoms with Gasteiger partial charge in [0, 0.05) is 6.42 Å². The summed E-state index contributed by atoms with van der Waals surface area (Å²) in [6.07, 6.45) is 13.4. The Kier molecular flexibility index (Phi) is 3.90. The lowest BCUT2D eigenvalue weighted by atomic mass is 9.47. The molecule has 0 aliphatic heterocycles. The van der Waals surface area contributed by atoms with Crippen molar-refractivity contribution in [3.05, 3.63) is 11.6 Å². The average Bonchev–Trinajstić information content (AvgIpc) is 2.96. The largest absolute Gasteiger partial charge is 0.295 e. The number of allylic oxidation sites excluding steroid dienone is 1. The standard InChI is InChI=1S/C22H31NO/c1-3-21(14-23)11-10-20-19-7-5-15-13-16(24)6-8-17(15)18(19)9-12-22(20,21)4-2/h13,17-20H,3-12H2,1-2H3/t17-,18+,19+,20-,21-,22-/m0/s1. The van der Waals surface area contributed by atoms with Crippen molar-refractivity contribution in [3.63, 3.8) is 0 Å². The normalized spacial score (nSPS) is 47.2. The Balaban J connectivity index is 1.68. The molecule has 2 nitrogen and oxygen atoms in total. The molecule has 0 heterocycles. The maximum atomic E-state index is 11.8. The quantitative estimate of drug-likeness (QED) is 0.678. The van der Waals surface area contributed by atoms with Gasteiger partial charge in [0.2, 0.25) is 0 Å². The molecule has 0 aromatic carbocycles. The molecule has 3 fully saturated rings. The predicted octanol–water partition coefficient (Wildman–Crippen LogP) is 5.44. The summed E-state index contributed by atoms with van der Waals surface area (Å²) in [5, 5.41) is 10.1. The summed E-state index contributed by atoms with van der Waals surface area (Å²) in [5.74, 6) is 3.37. The molecule has 0 bridgehead atoms. The summed E-state index contributed by atoms with van der Waals surface area (Å²) in [6.45, 7) is 4.58. The Hall–Kier alpha value is -1.10. The molecule has 2 heteroatoms. The van der Waals surface area contributed by atoms with Crippen molar-refractivity contribution in [3.8, 4) is 6.07 Å². The molecule has 0 aromatic heterocycles. The highest BCUT2D eigenvalue weighted by atomic mass is 16.1. The molecule has 24 heavy (non-hydrogen) atoms. The van der Waals surface area contributed by atoms with Crippen LogP contribution in [0, 0.1) is 45.8 Å². The van der Waals surface area contributed by atoms with Crippen molar-refractivity contribution in [2.45, 2.75) is 78.1 Å². The molecule has 3 saturated carbocycles. The van der Waals surface area contributed by atoms with Gasteiger partial charge in [0.15, 0.2) is 5.78 Å². The van der Waals surface area contributed by atoms with Crippen molar-refractivity contribution in [2.24, 2.45) is 34.5 Å². The van der Waals surface area contributed by atoms with E-state index in [1.807, 2.05) is 6.08 Å². The van der Waals surface area contributed by atoms with Crippen molar-refractivity contribution in [1.29, 1.82) is 5.26 Å². The van der Waals surface area contributed by atoms with E-state index in [1.54, 1.807) is 0 Å². The van der Waals surface area contributed by atoms with Crippen LogP contribution in [0.15, 0.2) is 11.6 Å². The third-order valence-corrected chi connectivity index (χ3v) is 8.79. The zero-order valence-electron chi connectivity index (χ0n) is 15.3. The highest BCUT2D eigenvalue weighted by Crippen LogP contribution is 2.69. The second-order valence-corrected chi connectivity index (χ2v) is 8.94. The van der Waals surface area contributed by atoms with Gasteiger partial charge in [-0.2, -0.15) is 5.26 Å². The number of carbonyl (C=O) groups is 1. The van der Waals surface area contributed by atoms with Crippen molar-refractivity contribution in [2.75, 3.05) is 0 Å². The van der Waals surface area contributed by atoms with Crippen LogP contribution < -0.4 is 0 Å². The number of hydrogen-bond acceptors (Lipinski definition) is 2. The van der Waals surface area contributed by atoms with E-state index in [4.69, 9.17) is 0 Å². The molecule has 0 spiro atoms. The lowest BCUT2D eigenvalue weighted by molar-refractivity contribution is -0.116. The van der Waals surface area contributed by atoms with Crippen LogP contribution in [0.25, 0.3) is 0 Å². The summed E-state index contributed by atoms with van der Waals surface area (Å²) in [5.41, 5.74) is 1.66. The van der Waals surface area contributed by atoms with Gasteiger partial charge in [-0.1, -0.05) is 19.4 Å². The lowest BCUT2D eigenvalue weighted by Gasteiger charge is -2.56. The number of fused-ring (bicyclic) bond motifs is 5. The van der Waals surface area contributed by atoms with Crippen molar-refractivity contribution in [1.82, 2.24) is 0 Å². The minimum absolute atomic E-state index is 0.0734. The molecule has 4 aliphatic carbocycles. The third kappa shape index (κ3) is 1.97. The number of nitriles is 1. The molecule has 0 saturated heterocycles. The van der Waals surface area contributed by atoms with Gasteiger partial charge < -0.3 is 0 Å². The molecule has 0 unspecified atom stereocenters. The smallest absolute Gasteiger partial charge is 0.155 e. The van der Waals surface area contributed by atoms with Crippen molar-refractivity contribution >= 4 is 5.78 Å².